The second-order valence-corrected chi connectivity index (χ2v) is 6.82. The number of likely N-dealkylation sites (tertiary alicyclic amines) is 1. The molecule has 2 aromatic rings. The van der Waals surface area contributed by atoms with Crippen LogP contribution in [0.5, 0.6) is 0 Å². The van der Waals surface area contributed by atoms with Crippen LogP contribution in [0.2, 0.25) is 0 Å². The number of hydrogen-bond donors (Lipinski definition) is 0. The average molecular weight is 323 g/mol. The highest BCUT2D eigenvalue weighted by molar-refractivity contribution is 5.94. The van der Waals surface area contributed by atoms with Crippen LogP contribution >= 0.6 is 0 Å². The molecule has 2 aliphatic heterocycles. The van der Waals surface area contributed by atoms with Gasteiger partial charge in [-0.15, -0.1) is 0 Å². The van der Waals surface area contributed by atoms with E-state index >= 15 is 0 Å². The molecule has 0 aliphatic carbocycles. The molecule has 0 N–H and O–H groups in total. The molecule has 0 saturated carbocycles. The fourth-order valence-electron chi connectivity index (χ4n) is 3.64. The van der Waals surface area contributed by atoms with Crippen molar-refractivity contribution < 1.29 is 4.79 Å². The fraction of sp³-hybridized carbons (Fsp3) is 0.444. The summed E-state index contributed by atoms with van der Waals surface area (Å²) in [5, 5.41) is 0. The molecule has 6 nitrogen and oxygen atoms in total. The van der Waals surface area contributed by atoms with E-state index in [1.807, 2.05) is 29.4 Å². The van der Waals surface area contributed by atoms with Crippen molar-refractivity contribution in [1.82, 2.24) is 19.9 Å². The van der Waals surface area contributed by atoms with Gasteiger partial charge in [0.15, 0.2) is 0 Å². The van der Waals surface area contributed by atoms with E-state index in [1.165, 1.54) is 0 Å². The molecule has 4 rings (SSSR count). The van der Waals surface area contributed by atoms with Gasteiger partial charge in [0.2, 0.25) is 5.95 Å². The smallest absolute Gasteiger partial charge is 0.255 e. The molecule has 0 aromatic carbocycles. The Bertz CT molecular complexity index is 725. The van der Waals surface area contributed by atoms with E-state index in [1.54, 1.807) is 12.4 Å². The normalized spacial score (nSPS) is 18.7. The molecular formula is C18H21N5O. The van der Waals surface area contributed by atoms with Crippen molar-refractivity contribution >= 4 is 11.9 Å². The largest absolute Gasteiger partial charge is 0.339 e. The first kappa shape index (κ1) is 15.1. The predicted molar refractivity (Wildman–Crippen MR) is 90.8 cm³/mol. The third-order valence-electron chi connectivity index (χ3n) is 5.07. The minimum Gasteiger partial charge on any atom is -0.339 e. The van der Waals surface area contributed by atoms with Gasteiger partial charge in [-0.3, -0.25) is 9.78 Å². The summed E-state index contributed by atoms with van der Waals surface area (Å²) in [6.07, 6.45) is 9.14. The Balaban J connectivity index is 1.38. The summed E-state index contributed by atoms with van der Waals surface area (Å²) in [5.41, 5.74) is 2.03. The predicted octanol–water partition coefficient (Wildman–Crippen LogP) is 1.79. The summed E-state index contributed by atoms with van der Waals surface area (Å²) in [6, 6.07) is 3.64. The summed E-state index contributed by atoms with van der Waals surface area (Å²) >= 11 is 0. The zero-order chi connectivity index (χ0) is 16.6. The molecular weight excluding hydrogens is 302 g/mol. The Labute approximate surface area is 141 Å². The van der Waals surface area contributed by atoms with Crippen molar-refractivity contribution in [3.8, 4) is 0 Å². The minimum absolute atomic E-state index is 0.0852. The monoisotopic (exact) mass is 323 g/mol. The molecule has 0 unspecified atom stereocenters. The van der Waals surface area contributed by atoms with Crippen molar-refractivity contribution in [1.29, 1.82) is 0 Å². The maximum absolute atomic E-state index is 12.5. The molecule has 4 heterocycles. The molecule has 0 bridgehead atoms. The summed E-state index contributed by atoms with van der Waals surface area (Å²) in [4.78, 5) is 29.7. The van der Waals surface area contributed by atoms with Crippen LogP contribution < -0.4 is 4.90 Å². The number of anilines is 1. The van der Waals surface area contributed by atoms with Gasteiger partial charge in [-0.1, -0.05) is 6.92 Å². The number of aromatic nitrogens is 3. The van der Waals surface area contributed by atoms with Crippen molar-refractivity contribution in [3.63, 3.8) is 0 Å². The molecule has 124 valence electrons. The van der Waals surface area contributed by atoms with Crippen LogP contribution in [-0.2, 0) is 6.42 Å². The number of aryl methyl sites for hydroxylation is 1. The van der Waals surface area contributed by atoms with E-state index < -0.39 is 0 Å². The third kappa shape index (κ3) is 2.62. The molecule has 6 heteroatoms. The van der Waals surface area contributed by atoms with Crippen molar-refractivity contribution in [3.05, 3.63) is 48.0 Å². The summed E-state index contributed by atoms with van der Waals surface area (Å²) < 4.78 is 0. The van der Waals surface area contributed by atoms with Gasteiger partial charge in [0, 0.05) is 56.4 Å². The van der Waals surface area contributed by atoms with E-state index in [4.69, 9.17) is 0 Å². The Morgan fingerprint density at radius 2 is 2.00 bits per heavy atom. The molecule has 1 amide bonds. The zero-order valence-corrected chi connectivity index (χ0v) is 13.9. The van der Waals surface area contributed by atoms with E-state index in [0.717, 1.165) is 50.5 Å². The van der Waals surface area contributed by atoms with Gasteiger partial charge < -0.3 is 9.80 Å². The number of hydrogen-bond acceptors (Lipinski definition) is 5. The number of pyridine rings is 1. The highest BCUT2D eigenvalue weighted by Crippen LogP contribution is 2.41. The molecule has 0 radical (unpaired) electrons. The quantitative estimate of drug-likeness (QED) is 0.862. The van der Waals surface area contributed by atoms with Crippen LogP contribution in [0.1, 0.15) is 29.3 Å². The Morgan fingerprint density at radius 3 is 2.67 bits per heavy atom. The van der Waals surface area contributed by atoms with Gasteiger partial charge in [0.05, 0.1) is 5.56 Å². The number of carbonyl (C=O) groups excluding carboxylic acids is 1. The van der Waals surface area contributed by atoms with Crippen LogP contribution in [0.3, 0.4) is 0 Å². The van der Waals surface area contributed by atoms with Gasteiger partial charge in [0.1, 0.15) is 0 Å². The molecule has 2 fully saturated rings. The number of nitrogens with zero attached hydrogens (tertiary/aromatic N) is 5. The molecule has 2 saturated heterocycles. The second-order valence-electron chi connectivity index (χ2n) is 6.82. The Kier molecular flexibility index (Phi) is 3.67. The second kappa shape index (κ2) is 5.85. The molecule has 0 atom stereocenters. The highest BCUT2D eigenvalue weighted by atomic mass is 16.2. The third-order valence-corrected chi connectivity index (χ3v) is 5.07. The average Bonchev–Trinajstić information content (AvgIpc) is 3.06. The van der Waals surface area contributed by atoms with Gasteiger partial charge in [0.25, 0.3) is 5.91 Å². The van der Waals surface area contributed by atoms with Crippen LogP contribution in [0.25, 0.3) is 0 Å². The lowest BCUT2D eigenvalue weighted by atomic mass is 9.79. The first-order valence-electron chi connectivity index (χ1n) is 8.44. The van der Waals surface area contributed by atoms with E-state index in [2.05, 4.69) is 26.8 Å². The summed E-state index contributed by atoms with van der Waals surface area (Å²) in [5.74, 6) is 0.886. The molecule has 2 aromatic heterocycles. The maximum atomic E-state index is 12.5. The van der Waals surface area contributed by atoms with Crippen molar-refractivity contribution in [2.45, 2.75) is 19.8 Å². The van der Waals surface area contributed by atoms with E-state index in [-0.39, 0.29) is 11.3 Å². The fourth-order valence-corrected chi connectivity index (χ4v) is 3.64. The minimum atomic E-state index is 0.0852. The van der Waals surface area contributed by atoms with Crippen molar-refractivity contribution in [2.24, 2.45) is 5.41 Å². The van der Waals surface area contributed by atoms with Crippen LogP contribution in [0.4, 0.5) is 5.95 Å². The van der Waals surface area contributed by atoms with Crippen LogP contribution in [0.15, 0.2) is 36.9 Å². The Hall–Kier alpha value is -2.50. The summed E-state index contributed by atoms with van der Waals surface area (Å²) in [6.45, 7) is 5.58. The SMILES string of the molecule is CCc1cnc(N2CC3(CCN(C(=O)c4cccnc4)C3)C2)nc1. The zero-order valence-electron chi connectivity index (χ0n) is 13.9. The Morgan fingerprint density at radius 1 is 1.21 bits per heavy atom. The van der Waals surface area contributed by atoms with Gasteiger partial charge >= 0.3 is 0 Å². The highest BCUT2D eigenvalue weighted by Gasteiger charge is 2.49. The molecule has 1 spiro atoms. The molecule has 2 aliphatic rings. The van der Waals surface area contributed by atoms with E-state index in [0.29, 0.717) is 5.56 Å². The molecule has 24 heavy (non-hydrogen) atoms. The van der Waals surface area contributed by atoms with E-state index in [9.17, 15) is 4.79 Å². The standard InChI is InChI=1S/C18H21N5O/c1-2-14-8-20-17(21-9-14)23-12-18(13-23)5-7-22(11-18)16(24)15-4-3-6-19-10-15/h3-4,6,8-10H,2,5,7,11-13H2,1H3. The number of amides is 1. The maximum Gasteiger partial charge on any atom is 0.255 e. The first-order chi connectivity index (χ1) is 11.7. The number of rotatable bonds is 3. The van der Waals surface area contributed by atoms with Crippen LogP contribution in [0, 0.1) is 5.41 Å². The lowest BCUT2D eigenvalue weighted by Gasteiger charge is -2.47. The topological polar surface area (TPSA) is 62.2 Å². The summed E-state index contributed by atoms with van der Waals surface area (Å²) in [7, 11) is 0. The van der Waals surface area contributed by atoms with Gasteiger partial charge in [-0.2, -0.15) is 0 Å². The van der Waals surface area contributed by atoms with Gasteiger partial charge in [-0.05, 0) is 30.5 Å². The lowest BCUT2D eigenvalue weighted by Crippen LogP contribution is -2.58. The van der Waals surface area contributed by atoms with Crippen molar-refractivity contribution in [2.75, 3.05) is 31.1 Å². The lowest BCUT2D eigenvalue weighted by molar-refractivity contribution is 0.0762. The van der Waals surface area contributed by atoms with Gasteiger partial charge in [-0.25, -0.2) is 9.97 Å². The van der Waals surface area contributed by atoms with Crippen LogP contribution in [-0.4, -0.2) is 51.9 Å². The number of carbonyl (C=O) groups is 1. The first-order valence-corrected chi connectivity index (χ1v) is 8.44.